The zero-order chi connectivity index (χ0) is 16.7. The normalized spacial score (nSPS) is 17.3. The molecule has 1 fully saturated rings. The van der Waals surface area contributed by atoms with Crippen LogP contribution in [0, 0.1) is 0 Å². The molecule has 2 rings (SSSR count). The molecule has 1 aliphatic rings. The summed E-state index contributed by atoms with van der Waals surface area (Å²) in [5, 5.41) is 3.97. The van der Waals surface area contributed by atoms with Crippen molar-refractivity contribution in [2.24, 2.45) is 5.16 Å². The molecule has 0 atom stereocenters. The number of benzene rings is 1. The van der Waals surface area contributed by atoms with Crippen LogP contribution in [0.5, 0.6) is 0 Å². The van der Waals surface area contributed by atoms with Gasteiger partial charge >= 0.3 is 6.18 Å². The van der Waals surface area contributed by atoms with E-state index in [2.05, 4.69) is 10.1 Å². The van der Waals surface area contributed by atoms with Gasteiger partial charge in [-0.2, -0.15) is 13.2 Å². The van der Waals surface area contributed by atoms with Crippen LogP contribution in [0.1, 0.15) is 18.1 Å². The van der Waals surface area contributed by atoms with E-state index in [1.165, 1.54) is 6.07 Å². The first-order valence-corrected chi connectivity index (χ1v) is 7.57. The molecular formula is C16H21F3N2O2. The third-order valence-electron chi connectivity index (χ3n) is 3.54. The van der Waals surface area contributed by atoms with Gasteiger partial charge in [0.1, 0.15) is 6.61 Å². The van der Waals surface area contributed by atoms with Crippen molar-refractivity contribution < 1.29 is 22.7 Å². The Labute approximate surface area is 133 Å². The number of ether oxygens (including phenoxy) is 1. The van der Waals surface area contributed by atoms with Crippen LogP contribution in [0.25, 0.3) is 0 Å². The monoisotopic (exact) mass is 330 g/mol. The topological polar surface area (TPSA) is 34.1 Å². The lowest BCUT2D eigenvalue weighted by Gasteiger charge is -2.25. The quantitative estimate of drug-likeness (QED) is 0.457. The zero-order valence-electron chi connectivity index (χ0n) is 13.1. The van der Waals surface area contributed by atoms with E-state index in [1.54, 1.807) is 13.0 Å². The van der Waals surface area contributed by atoms with Crippen molar-refractivity contribution in [1.82, 2.24) is 4.90 Å². The van der Waals surface area contributed by atoms with E-state index in [0.717, 1.165) is 45.0 Å². The molecule has 0 aliphatic carbocycles. The number of hydrogen-bond donors (Lipinski definition) is 0. The second kappa shape index (κ2) is 8.31. The maximum absolute atomic E-state index is 12.7. The van der Waals surface area contributed by atoms with Gasteiger partial charge in [-0.1, -0.05) is 23.4 Å². The molecule has 1 aromatic carbocycles. The first-order chi connectivity index (χ1) is 10.9. The number of halogens is 3. The molecule has 7 heteroatoms. The average molecular weight is 330 g/mol. The summed E-state index contributed by atoms with van der Waals surface area (Å²) in [6.07, 6.45) is -3.99. The van der Waals surface area contributed by atoms with Crippen molar-refractivity contribution in [1.29, 1.82) is 0 Å². The summed E-state index contributed by atoms with van der Waals surface area (Å²) in [6.45, 7) is 6.21. The van der Waals surface area contributed by atoms with Gasteiger partial charge in [-0.15, -0.1) is 0 Å². The zero-order valence-corrected chi connectivity index (χ0v) is 13.1. The van der Waals surface area contributed by atoms with E-state index in [-0.39, 0.29) is 0 Å². The smallest absolute Gasteiger partial charge is 0.394 e. The molecule has 128 valence electrons. The van der Waals surface area contributed by atoms with E-state index in [4.69, 9.17) is 9.57 Å². The Kier molecular flexibility index (Phi) is 6.41. The summed E-state index contributed by atoms with van der Waals surface area (Å²) in [5.41, 5.74) is 0.570. The Morgan fingerprint density at radius 1 is 1.30 bits per heavy atom. The van der Waals surface area contributed by atoms with Gasteiger partial charge in [-0.25, -0.2) is 0 Å². The molecule has 0 unspecified atom stereocenters. The molecule has 0 spiro atoms. The fraction of sp³-hybridized carbons (Fsp3) is 0.562. The van der Waals surface area contributed by atoms with Gasteiger partial charge in [0.25, 0.3) is 0 Å². The molecule has 0 radical (unpaired) electrons. The number of morpholine rings is 1. The summed E-state index contributed by atoms with van der Waals surface area (Å²) in [7, 11) is 0. The fourth-order valence-electron chi connectivity index (χ4n) is 2.34. The molecule has 0 N–H and O–H groups in total. The highest BCUT2D eigenvalue weighted by Gasteiger charge is 2.30. The van der Waals surface area contributed by atoms with Crippen molar-refractivity contribution in [3.05, 3.63) is 35.4 Å². The van der Waals surface area contributed by atoms with Gasteiger partial charge in [-0.05, 0) is 18.6 Å². The maximum Gasteiger partial charge on any atom is 0.416 e. The summed E-state index contributed by atoms with van der Waals surface area (Å²) in [4.78, 5) is 7.47. The number of alkyl halides is 3. The first kappa shape index (κ1) is 17.7. The summed E-state index contributed by atoms with van der Waals surface area (Å²) < 4.78 is 43.2. The van der Waals surface area contributed by atoms with Crippen molar-refractivity contribution >= 4 is 5.71 Å². The third-order valence-corrected chi connectivity index (χ3v) is 3.54. The maximum atomic E-state index is 12.7. The minimum absolute atomic E-state index is 0.335. The van der Waals surface area contributed by atoms with Crippen molar-refractivity contribution in [3.8, 4) is 0 Å². The standard InChI is InChI=1S/C16H21F3N2O2/c1-13(20-23-10-7-21-5-8-22-9-6-21)11-14-3-2-4-15(12-14)16(17,18)19/h2-4,12H,5-11H2,1H3. The lowest BCUT2D eigenvalue weighted by atomic mass is 10.1. The Morgan fingerprint density at radius 2 is 2.04 bits per heavy atom. The predicted octanol–water partition coefficient (Wildman–Crippen LogP) is 2.97. The van der Waals surface area contributed by atoms with Crippen molar-refractivity contribution in [2.45, 2.75) is 19.5 Å². The summed E-state index contributed by atoms with van der Waals surface area (Å²) in [6, 6.07) is 5.27. The van der Waals surface area contributed by atoms with Crippen LogP contribution in [0.2, 0.25) is 0 Å². The summed E-state index contributed by atoms with van der Waals surface area (Å²) >= 11 is 0. The molecule has 4 nitrogen and oxygen atoms in total. The lowest BCUT2D eigenvalue weighted by molar-refractivity contribution is -0.137. The second-order valence-electron chi connectivity index (χ2n) is 5.49. The van der Waals surface area contributed by atoms with Gasteiger partial charge in [0.05, 0.1) is 24.5 Å². The SMILES string of the molecule is CC(Cc1cccc(C(F)(F)F)c1)=NOCCN1CCOCC1. The molecule has 0 amide bonds. The number of rotatable bonds is 6. The number of hydrogen-bond acceptors (Lipinski definition) is 4. The lowest BCUT2D eigenvalue weighted by Crippen LogP contribution is -2.38. The molecule has 1 saturated heterocycles. The van der Waals surface area contributed by atoms with Crippen LogP contribution in [0.4, 0.5) is 13.2 Å². The highest BCUT2D eigenvalue weighted by Crippen LogP contribution is 2.29. The highest BCUT2D eigenvalue weighted by atomic mass is 19.4. The van der Waals surface area contributed by atoms with Crippen LogP contribution >= 0.6 is 0 Å². The van der Waals surface area contributed by atoms with Crippen LogP contribution < -0.4 is 0 Å². The average Bonchev–Trinajstić information content (AvgIpc) is 2.52. The molecule has 0 saturated carbocycles. The Bertz CT molecular complexity index is 526. The molecule has 1 aliphatic heterocycles. The largest absolute Gasteiger partial charge is 0.416 e. The summed E-state index contributed by atoms with van der Waals surface area (Å²) in [5.74, 6) is 0. The van der Waals surface area contributed by atoms with Crippen LogP contribution in [-0.4, -0.2) is 50.1 Å². The Balaban J connectivity index is 1.78. The van der Waals surface area contributed by atoms with Crippen molar-refractivity contribution in [2.75, 3.05) is 39.5 Å². The molecular weight excluding hydrogens is 309 g/mol. The second-order valence-corrected chi connectivity index (χ2v) is 5.49. The number of nitrogens with zero attached hydrogens (tertiary/aromatic N) is 2. The van der Waals surface area contributed by atoms with Crippen LogP contribution in [0.15, 0.2) is 29.4 Å². The van der Waals surface area contributed by atoms with Gasteiger partial charge < -0.3 is 9.57 Å². The van der Waals surface area contributed by atoms with E-state index in [1.807, 2.05) is 0 Å². The fourth-order valence-corrected chi connectivity index (χ4v) is 2.34. The minimum atomic E-state index is -4.32. The molecule has 1 aromatic rings. The van der Waals surface area contributed by atoms with Gasteiger partial charge in [-0.3, -0.25) is 4.90 Å². The molecule has 23 heavy (non-hydrogen) atoms. The highest BCUT2D eigenvalue weighted by molar-refractivity contribution is 5.83. The predicted molar refractivity (Wildman–Crippen MR) is 81.5 cm³/mol. The van der Waals surface area contributed by atoms with E-state index < -0.39 is 11.7 Å². The van der Waals surface area contributed by atoms with Gasteiger partial charge in [0.2, 0.25) is 0 Å². The van der Waals surface area contributed by atoms with Crippen molar-refractivity contribution in [3.63, 3.8) is 0 Å². The van der Waals surface area contributed by atoms with E-state index in [9.17, 15) is 13.2 Å². The third kappa shape index (κ3) is 6.19. The minimum Gasteiger partial charge on any atom is -0.394 e. The van der Waals surface area contributed by atoms with Crippen LogP contribution in [-0.2, 0) is 22.2 Å². The first-order valence-electron chi connectivity index (χ1n) is 7.57. The van der Waals surface area contributed by atoms with E-state index in [0.29, 0.717) is 24.3 Å². The molecule has 1 heterocycles. The molecule has 0 aromatic heterocycles. The number of oxime groups is 1. The molecule has 0 bridgehead atoms. The Morgan fingerprint density at radius 3 is 2.74 bits per heavy atom. The van der Waals surface area contributed by atoms with Gasteiger partial charge in [0, 0.05) is 26.1 Å². The Hall–Kier alpha value is -1.60. The van der Waals surface area contributed by atoms with Crippen LogP contribution in [0.3, 0.4) is 0 Å². The van der Waals surface area contributed by atoms with Gasteiger partial charge in [0.15, 0.2) is 0 Å². The van der Waals surface area contributed by atoms with E-state index >= 15 is 0 Å².